The van der Waals surface area contributed by atoms with Gasteiger partial charge >= 0.3 is 0 Å². The van der Waals surface area contributed by atoms with Crippen LogP contribution in [-0.4, -0.2) is 20.7 Å². The molecule has 0 bridgehead atoms. The van der Waals surface area contributed by atoms with Gasteiger partial charge in [0.05, 0.1) is 12.0 Å². The van der Waals surface area contributed by atoms with Crippen LogP contribution in [0.1, 0.15) is 36.7 Å². The van der Waals surface area contributed by atoms with Crippen LogP contribution in [0, 0.1) is 13.8 Å². The maximum Gasteiger partial charge on any atom is 0.263 e. The van der Waals surface area contributed by atoms with E-state index in [1.54, 1.807) is 33.1 Å². The Hall–Kier alpha value is -2.02. The number of ether oxygens (including phenoxy) is 1. The van der Waals surface area contributed by atoms with Crippen molar-refractivity contribution in [2.45, 2.75) is 38.5 Å². The average Bonchev–Trinajstić information content (AvgIpc) is 2.82. The Morgan fingerprint density at radius 1 is 1.23 bits per heavy atom. The van der Waals surface area contributed by atoms with E-state index in [1.807, 2.05) is 13.8 Å². The maximum atomic E-state index is 12.6. The SMILES string of the molecule is COc1cc(C)c(S(=O)(=O)Nc2cc(C)on2)cc1C(C)C. The van der Waals surface area contributed by atoms with E-state index in [-0.39, 0.29) is 16.6 Å². The van der Waals surface area contributed by atoms with E-state index in [0.29, 0.717) is 17.1 Å². The number of benzene rings is 1. The van der Waals surface area contributed by atoms with E-state index in [4.69, 9.17) is 9.26 Å². The summed E-state index contributed by atoms with van der Waals surface area (Å²) in [5.41, 5.74) is 1.44. The third kappa shape index (κ3) is 3.24. The highest BCUT2D eigenvalue weighted by Crippen LogP contribution is 2.32. The van der Waals surface area contributed by atoms with Gasteiger partial charge in [0, 0.05) is 6.07 Å². The Morgan fingerprint density at radius 3 is 2.41 bits per heavy atom. The first-order valence-corrected chi connectivity index (χ1v) is 8.37. The van der Waals surface area contributed by atoms with Gasteiger partial charge in [-0.25, -0.2) is 8.42 Å². The second-order valence-electron chi connectivity index (χ2n) is 5.44. The van der Waals surface area contributed by atoms with Gasteiger partial charge in [-0.15, -0.1) is 0 Å². The normalized spacial score (nSPS) is 11.7. The highest BCUT2D eigenvalue weighted by atomic mass is 32.2. The molecule has 0 saturated heterocycles. The van der Waals surface area contributed by atoms with Crippen molar-refractivity contribution < 1.29 is 17.7 Å². The molecule has 0 aliphatic heterocycles. The van der Waals surface area contributed by atoms with Crippen molar-refractivity contribution in [3.63, 3.8) is 0 Å². The van der Waals surface area contributed by atoms with Crippen molar-refractivity contribution in [3.05, 3.63) is 35.1 Å². The molecule has 6 nitrogen and oxygen atoms in total. The minimum Gasteiger partial charge on any atom is -0.496 e. The number of hydrogen-bond donors (Lipinski definition) is 1. The third-order valence-corrected chi connectivity index (χ3v) is 4.80. The van der Waals surface area contributed by atoms with Crippen LogP contribution in [0.5, 0.6) is 5.75 Å². The zero-order valence-electron chi connectivity index (χ0n) is 13.3. The van der Waals surface area contributed by atoms with Crippen LogP contribution in [-0.2, 0) is 10.0 Å². The van der Waals surface area contributed by atoms with Gasteiger partial charge in [0.25, 0.3) is 10.0 Å². The van der Waals surface area contributed by atoms with Crippen LogP contribution in [0.4, 0.5) is 5.82 Å². The van der Waals surface area contributed by atoms with Crippen molar-refractivity contribution in [3.8, 4) is 5.75 Å². The molecular formula is C15H20N2O4S. The van der Waals surface area contributed by atoms with Crippen molar-refractivity contribution in [1.82, 2.24) is 5.16 Å². The standard InChI is InChI=1S/C15H20N2O4S/c1-9(2)12-8-14(10(3)6-13(12)20-5)22(18,19)17-15-7-11(4)21-16-15/h6-9H,1-5H3,(H,16,17). The van der Waals surface area contributed by atoms with Crippen molar-refractivity contribution >= 4 is 15.8 Å². The third-order valence-electron chi connectivity index (χ3n) is 3.31. The molecule has 0 spiro atoms. The summed E-state index contributed by atoms with van der Waals surface area (Å²) in [4.78, 5) is 0.206. The van der Waals surface area contributed by atoms with E-state index in [0.717, 1.165) is 5.56 Å². The molecule has 0 saturated carbocycles. The van der Waals surface area contributed by atoms with Crippen LogP contribution in [0.25, 0.3) is 0 Å². The first-order chi connectivity index (χ1) is 10.2. The monoisotopic (exact) mass is 324 g/mol. The number of anilines is 1. The summed E-state index contributed by atoms with van der Waals surface area (Å²) in [5.74, 6) is 1.52. The number of nitrogens with one attached hydrogen (secondary N) is 1. The molecule has 1 heterocycles. The van der Waals surface area contributed by atoms with Crippen molar-refractivity contribution in [2.24, 2.45) is 0 Å². The number of hydrogen-bond acceptors (Lipinski definition) is 5. The lowest BCUT2D eigenvalue weighted by molar-refractivity contribution is 0.400. The average molecular weight is 324 g/mol. The number of nitrogens with zero attached hydrogens (tertiary/aromatic N) is 1. The zero-order chi connectivity index (χ0) is 16.5. The van der Waals surface area contributed by atoms with Crippen LogP contribution in [0.3, 0.4) is 0 Å². The molecule has 0 radical (unpaired) electrons. The molecule has 1 aromatic heterocycles. The van der Waals surface area contributed by atoms with Gasteiger partial charge in [-0.3, -0.25) is 4.72 Å². The van der Waals surface area contributed by atoms with Crippen LogP contribution >= 0.6 is 0 Å². The molecule has 2 rings (SSSR count). The van der Waals surface area contributed by atoms with Gasteiger partial charge in [-0.05, 0) is 43.0 Å². The van der Waals surface area contributed by atoms with Crippen molar-refractivity contribution in [1.29, 1.82) is 0 Å². The fourth-order valence-electron chi connectivity index (χ4n) is 2.20. The summed E-state index contributed by atoms with van der Waals surface area (Å²) in [6.45, 7) is 7.39. The predicted molar refractivity (Wildman–Crippen MR) is 83.9 cm³/mol. The molecule has 0 atom stereocenters. The zero-order valence-corrected chi connectivity index (χ0v) is 14.1. The summed E-state index contributed by atoms with van der Waals surface area (Å²) >= 11 is 0. The largest absolute Gasteiger partial charge is 0.496 e. The fourth-order valence-corrected chi connectivity index (χ4v) is 3.45. The molecule has 0 unspecified atom stereocenters. The molecule has 0 aliphatic rings. The predicted octanol–water partition coefficient (Wildman–Crippen LogP) is 3.22. The molecule has 22 heavy (non-hydrogen) atoms. The quantitative estimate of drug-likeness (QED) is 0.913. The molecule has 7 heteroatoms. The summed E-state index contributed by atoms with van der Waals surface area (Å²) < 4.78 is 37.8. The number of methoxy groups -OCH3 is 1. The first kappa shape index (κ1) is 16.4. The lowest BCUT2D eigenvalue weighted by Crippen LogP contribution is -2.15. The van der Waals surface area contributed by atoms with Gasteiger partial charge in [0.15, 0.2) is 5.82 Å². The second-order valence-corrected chi connectivity index (χ2v) is 7.09. The molecule has 1 aromatic carbocycles. The minimum atomic E-state index is -3.74. The molecule has 2 aromatic rings. The van der Waals surface area contributed by atoms with Gasteiger partial charge in [0.1, 0.15) is 11.5 Å². The summed E-state index contributed by atoms with van der Waals surface area (Å²) in [6.07, 6.45) is 0. The highest BCUT2D eigenvalue weighted by Gasteiger charge is 2.22. The minimum absolute atomic E-state index is 0.138. The lowest BCUT2D eigenvalue weighted by atomic mass is 10.0. The van der Waals surface area contributed by atoms with E-state index >= 15 is 0 Å². The second kappa shape index (κ2) is 6.00. The Kier molecular flexibility index (Phi) is 4.46. The Morgan fingerprint density at radius 2 is 1.91 bits per heavy atom. The summed E-state index contributed by atoms with van der Waals surface area (Å²) in [7, 11) is -2.17. The van der Waals surface area contributed by atoms with E-state index in [2.05, 4.69) is 9.88 Å². The Bertz CT molecular complexity index is 779. The Labute approximate surface area is 130 Å². The van der Waals surface area contributed by atoms with Crippen LogP contribution in [0.15, 0.2) is 27.6 Å². The van der Waals surface area contributed by atoms with E-state index in [9.17, 15) is 8.42 Å². The van der Waals surface area contributed by atoms with Gasteiger partial charge in [0.2, 0.25) is 0 Å². The molecule has 0 amide bonds. The number of rotatable bonds is 5. The Balaban J connectivity index is 2.48. The molecular weight excluding hydrogens is 304 g/mol. The first-order valence-electron chi connectivity index (χ1n) is 6.89. The summed E-state index contributed by atoms with van der Waals surface area (Å²) in [6, 6.07) is 4.91. The topological polar surface area (TPSA) is 81.4 Å². The number of aromatic nitrogens is 1. The molecule has 0 aliphatic carbocycles. The van der Waals surface area contributed by atoms with Gasteiger partial charge in [-0.2, -0.15) is 0 Å². The van der Waals surface area contributed by atoms with E-state index in [1.165, 1.54) is 6.07 Å². The number of aryl methyl sites for hydroxylation is 2. The molecule has 120 valence electrons. The highest BCUT2D eigenvalue weighted by molar-refractivity contribution is 7.92. The lowest BCUT2D eigenvalue weighted by Gasteiger charge is -2.16. The summed E-state index contributed by atoms with van der Waals surface area (Å²) in [5, 5.41) is 3.66. The van der Waals surface area contributed by atoms with E-state index < -0.39 is 10.0 Å². The van der Waals surface area contributed by atoms with Crippen LogP contribution in [0.2, 0.25) is 0 Å². The van der Waals surface area contributed by atoms with Crippen molar-refractivity contribution in [2.75, 3.05) is 11.8 Å². The molecule has 0 fully saturated rings. The fraction of sp³-hybridized carbons (Fsp3) is 0.400. The number of sulfonamides is 1. The van der Waals surface area contributed by atoms with Gasteiger partial charge < -0.3 is 9.26 Å². The van der Waals surface area contributed by atoms with Gasteiger partial charge in [-0.1, -0.05) is 19.0 Å². The maximum absolute atomic E-state index is 12.6. The smallest absolute Gasteiger partial charge is 0.263 e. The van der Waals surface area contributed by atoms with Crippen LogP contribution < -0.4 is 9.46 Å². The molecule has 1 N–H and O–H groups in total.